The van der Waals surface area contributed by atoms with Gasteiger partial charge in [0.25, 0.3) is 11.7 Å². The number of aryl methyl sites for hydroxylation is 1. The summed E-state index contributed by atoms with van der Waals surface area (Å²) in [7, 11) is 0. The summed E-state index contributed by atoms with van der Waals surface area (Å²) in [6.45, 7) is 3.81. The van der Waals surface area contributed by atoms with E-state index in [1.54, 1.807) is 37.3 Å². The lowest BCUT2D eigenvalue weighted by Crippen LogP contribution is -2.29. The third-order valence-electron chi connectivity index (χ3n) is 5.90. The van der Waals surface area contributed by atoms with E-state index in [0.717, 1.165) is 22.6 Å². The molecule has 1 aromatic heterocycles. The highest BCUT2D eigenvalue weighted by Crippen LogP contribution is 2.41. The largest absolute Gasteiger partial charge is 0.507 e. The van der Waals surface area contributed by atoms with E-state index in [4.69, 9.17) is 4.74 Å². The molecule has 0 bridgehead atoms. The van der Waals surface area contributed by atoms with Crippen molar-refractivity contribution >= 4 is 17.4 Å². The number of pyridine rings is 1. The van der Waals surface area contributed by atoms with Gasteiger partial charge in [-0.2, -0.15) is 13.2 Å². The predicted octanol–water partition coefficient (Wildman–Crippen LogP) is 5.43. The fraction of sp³-hybridized carbons (Fsp3) is 0.222. The van der Waals surface area contributed by atoms with E-state index in [0.29, 0.717) is 23.5 Å². The molecule has 1 amide bonds. The van der Waals surface area contributed by atoms with Gasteiger partial charge >= 0.3 is 6.18 Å². The summed E-state index contributed by atoms with van der Waals surface area (Å²) in [4.78, 5) is 31.5. The fourth-order valence-electron chi connectivity index (χ4n) is 4.24. The Morgan fingerprint density at radius 1 is 1.11 bits per heavy atom. The number of benzene rings is 2. The zero-order chi connectivity index (χ0) is 26.0. The van der Waals surface area contributed by atoms with Crippen LogP contribution in [0, 0.1) is 6.92 Å². The minimum atomic E-state index is -4.56. The Bertz CT molecular complexity index is 1340. The van der Waals surface area contributed by atoms with Crippen molar-refractivity contribution in [2.45, 2.75) is 32.6 Å². The number of ketones is 1. The maximum atomic E-state index is 13.2. The molecule has 3 aromatic rings. The van der Waals surface area contributed by atoms with Crippen LogP contribution in [0.5, 0.6) is 5.75 Å². The van der Waals surface area contributed by atoms with Gasteiger partial charge in [-0.25, -0.2) is 0 Å². The average Bonchev–Trinajstić information content (AvgIpc) is 3.10. The number of alkyl halides is 3. The normalized spacial score (nSPS) is 17.5. The zero-order valence-corrected chi connectivity index (χ0v) is 19.5. The Hall–Kier alpha value is -4.14. The van der Waals surface area contributed by atoms with Gasteiger partial charge in [0.15, 0.2) is 0 Å². The van der Waals surface area contributed by atoms with E-state index >= 15 is 0 Å². The number of likely N-dealkylation sites (tertiary alicyclic amines) is 1. The van der Waals surface area contributed by atoms with Crippen LogP contribution in [-0.4, -0.2) is 33.3 Å². The van der Waals surface area contributed by atoms with E-state index in [1.807, 2.05) is 6.92 Å². The van der Waals surface area contributed by atoms with Crippen molar-refractivity contribution in [2.75, 3.05) is 6.61 Å². The van der Waals surface area contributed by atoms with Gasteiger partial charge in [0.2, 0.25) is 0 Å². The third kappa shape index (κ3) is 4.82. The van der Waals surface area contributed by atoms with E-state index < -0.39 is 29.5 Å². The first kappa shape index (κ1) is 25.0. The van der Waals surface area contributed by atoms with E-state index in [-0.39, 0.29) is 23.4 Å². The molecule has 4 rings (SSSR count). The number of hydrogen-bond donors (Lipinski definition) is 1. The second-order valence-electron chi connectivity index (χ2n) is 8.32. The first-order valence-electron chi connectivity index (χ1n) is 11.2. The summed E-state index contributed by atoms with van der Waals surface area (Å²) < 4.78 is 45.2. The minimum absolute atomic E-state index is 0.163. The first-order chi connectivity index (χ1) is 17.1. The molecule has 1 atom stereocenters. The molecule has 1 aliphatic rings. The van der Waals surface area contributed by atoms with Crippen molar-refractivity contribution in [3.63, 3.8) is 0 Å². The number of aliphatic hydroxyl groups is 1. The van der Waals surface area contributed by atoms with Gasteiger partial charge in [-0.3, -0.25) is 14.6 Å². The number of halogens is 3. The molecule has 1 fully saturated rings. The SMILES string of the molecule is CCOc1ccc(/C(O)=C2\C(=O)C(=O)N(Cc3cccc(C(F)(F)F)c3)C2c2cccnc2)cc1C. The van der Waals surface area contributed by atoms with Crippen LogP contribution in [-0.2, 0) is 22.3 Å². The summed E-state index contributed by atoms with van der Waals surface area (Å²) in [5, 5.41) is 11.2. The van der Waals surface area contributed by atoms with Crippen molar-refractivity contribution in [1.29, 1.82) is 0 Å². The van der Waals surface area contributed by atoms with Crippen LogP contribution in [0.25, 0.3) is 5.76 Å². The highest BCUT2D eigenvalue weighted by Gasteiger charge is 2.46. The topological polar surface area (TPSA) is 79.7 Å². The van der Waals surface area contributed by atoms with Crippen LogP contribution in [0.4, 0.5) is 13.2 Å². The number of Topliss-reactive ketones (excluding diaryl/α,β-unsaturated/α-hetero) is 1. The number of carbonyl (C=O) groups excluding carboxylic acids is 2. The summed E-state index contributed by atoms with van der Waals surface area (Å²) in [5.74, 6) is -1.63. The Morgan fingerprint density at radius 2 is 1.89 bits per heavy atom. The van der Waals surface area contributed by atoms with E-state index in [1.165, 1.54) is 24.5 Å². The number of hydrogen-bond acceptors (Lipinski definition) is 5. The fourth-order valence-corrected chi connectivity index (χ4v) is 4.24. The number of carbonyl (C=O) groups is 2. The number of rotatable bonds is 6. The van der Waals surface area contributed by atoms with Crippen LogP contribution in [0.15, 0.2) is 72.6 Å². The van der Waals surface area contributed by atoms with E-state index in [9.17, 15) is 27.9 Å². The summed E-state index contributed by atoms with van der Waals surface area (Å²) in [6, 6.07) is 11.7. The van der Waals surface area contributed by atoms with Crippen LogP contribution < -0.4 is 4.74 Å². The standard InChI is InChI=1S/C27H23F3N2O4/c1-3-36-21-10-9-18(12-16(21)2)24(33)22-23(19-7-5-11-31-14-19)32(26(35)25(22)34)15-17-6-4-8-20(13-17)27(28,29)30/h4-14,23,33H,3,15H2,1-2H3/b24-22+. The number of aromatic nitrogens is 1. The van der Waals surface area contributed by atoms with Gasteiger partial charge in [0, 0.05) is 24.5 Å². The van der Waals surface area contributed by atoms with Crippen LogP contribution in [0.3, 0.4) is 0 Å². The maximum absolute atomic E-state index is 13.2. The van der Waals surface area contributed by atoms with Crippen molar-refractivity contribution < 1.29 is 32.6 Å². The molecule has 0 saturated carbocycles. The number of nitrogens with zero attached hydrogens (tertiary/aromatic N) is 2. The van der Waals surface area contributed by atoms with E-state index in [2.05, 4.69) is 4.98 Å². The lowest BCUT2D eigenvalue weighted by molar-refractivity contribution is -0.140. The Balaban J connectivity index is 1.81. The third-order valence-corrected chi connectivity index (χ3v) is 5.90. The van der Waals surface area contributed by atoms with Crippen LogP contribution >= 0.6 is 0 Å². The monoisotopic (exact) mass is 496 g/mol. The molecular weight excluding hydrogens is 473 g/mol. The van der Waals surface area contributed by atoms with Crippen molar-refractivity contribution in [3.8, 4) is 5.75 Å². The second-order valence-corrected chi connectivity index (χ2v) is 8.32. The smallest absolute Gasteiger partial charge is 0.416 e. The van der Waals surface area contributed by atoms with Crippen molar-refractivity contribution in [1.82, 2.24) is 9.88 Å². The molecule has 1 saturated heterocycles. The number of aliphatic hydroxyl groups excluding tert-OH is 1. The Kier molecular flexibility index (Phi) is 6.83. The summed E-state index contributed by atoms with van der Waals surface area (Å²) in [6.07, 6.45) is -1.59. The average molecular weight is 496 g/mol. The summed E-state index contributed by atoms with van der Waals surface area (Å²) in [5.41, 5.74) is 0.632. The summed E-state index contributed by atoms with van der Waals surface area (Å²) >= 11 is 0. The molecular formula is C27H23F3N2O4. The molecule has 1 unspecified atom stereocenters. The Labute approximate surface area is 205 Å². The zero-order valence-electron chi connectivity index (χ0n) is 19.5. The van der Waals surface area contributed by atoms with Crippen molar-refractivity contribution in [2.24, 2.45) is 0 Å². The highest BCUT2D eigenvalue weighted by atomic mass is 19.4. The molecule has 36 heavy (non-hydrogen) atoms. The quantitative estimate of drug-likeness (QED) is 0.280. The molecule has 9 heteroatoms. The maximum Gasteiger partial charge on any atom is 0.416 e. The highest BCUT2D eigenvalue weighted by molar-refractivity contribution is 6.46. The predicted molar refractivity (Wildman–Crippen MR) is 126 cm³/mol. The molecule has 0 radical (unpaired) electrons. The van der Waals surface area contributed by atoms with Gasteiger partial charge in [-0.15, -0.1) is 0 Å². The Morgan fingerprint density at radius 3 is 2.53 bits per heavy atom. The number of ether oxygens (including phenoxy) is 1. The molecule has 0 spiro atoms. The van der Waals surface area contributed by atoms with Crippen LogP contribution in [0.1, 0.15) is 40.8 Å². The van der Waals surface area contributed by atoms with Gasteiger partial charge in [-0.05, 0) is 66.9 Å². The molecule has 6 nitrogen and oxygen atoms in total. The molecule has 186 valence electrons. The van der Waals surface area contributed by atoms with Gasteiger partial charge < -0.3 is 14.7 Å². The molecule has 2 heterocycles. The lowest BCUT2D eigenvalue weighted by Gasteiger charge is -2.25. The lowest BCUT2D eigenvalue weighted by atomic mass is 9.95. The van der Waals surface area contributed by atoms with Gasteiger partial charge in [0.1, 0.15) is 11.5 Å². The second kappa shape index (κ2) is 9.85. The van der Waals surface area contributed by atoms with Crippen LogP contribution in [0.2, 0.25) is 0 Å². The first-order valence-corrected chi connectivity index (χ1v) is 11.2. The van der Waals surface area contributed by atoms with Crippen molar-refractivity contribution in [3.05, 3.63) is 100 Å². The molecule has 0 aliphatic carbocycles. The van der Waals surface area contributed by atoms with Gasteiger partial charge in [-0.1, -0.05) is 18.2 Å². The molecule has 1 N–H and O–H groups in total. The molecule has 2 aromatic carbocycles. The minimum Gasteiger partial charge on any atom is -0.507 e. The van der Waals surface area contributed by atoms with Gasteiger partial charge in [0.05, 0.1) is 23.8 Å². The molecule has 1 aliphatic heterocycles. The number of amides is 1.